The van der Waals surface area contributed by atoms with Gasteiger partial charge in [0.15, 0.2) is 0 Å². The van der Waals surface area contributed by atoms with Gasteiger partial charge in [-0.3, -0.25) is 4.79 Å². The van der Waals surface area contributed by atoms with E-state index in [1.807, 2.05) is 44.2 Å². The Morgan fingerprint density at radius 2 is 1.77 bits per heavy atom. The third-order valence-electron chi connectivity index (χ3n) is 5.65. The molecule has 0 radical (unpaired) electrons. The number of anilines is 1. The average molecular weight is 588 g/mol. The standard InChI is InChI=1S/C23H31N3O3.Os/c1-16-7-8-20(26-11-9-25(3)10-12-26)14-21(16)23(29)24-17(2)18-5-4-6-19(13-18)22(28)15-27;/h4-8,13-14,17,22,27-28H,9-12,15H2,1-3H3,(H,24,29);/t17-,22?;/m1./s1. The zero-order valence-electron chi connectivity index (χ0n) is 17.8. The Morgan fingerprint density at radius 3 is 2.43 bits per heavy atom. The largest absolute Gasteiger partial charge is 0.393 e. The van der Waals surface area contributed by atoms with Crippen LogP contribution in [0.3, 0.4) is 0 Å². The maximum absolute atomic E-state index is 13.0. The fraction of sp³-hybridized carbons (Fsp3) is 0.435. The second kappa shape index (κ2) is 11.0. The van der Waals surface area contributed by atoms with Gasteiger partial charge < -0.3 is 25.3 Å². The second-order valence-corrected chi connectivity index (χ2v) is 7.85. The van der Waals surface area contributed by atoms with Crippen molar-refractivity contribution in [1.82, 2.24) is 10.2 Å². The maximum Gasteiger partial charge on any atom is 0.252 e. The fourth-order valence-corrected chi connectivity index (χ4v) is 3.61. The molecule has 3 N–H and O–H groups in total. The number of amides is 1. The molecule has 1 saturated heterocycles. The van der Waals surface area contributed by atoms with Crippen molar-refractivity contribution in [2.24, 2.45) is 0 Å². The van der Waals surface area contributed by atoms with Gasteiger partial charge in [-0.25, -0.2) is 0 Å². The van der Waals surface area contributed by atoms with Gasteiger partial charge >= 0.3 is 0 Å². The molecule has 0 aliphatic carbocycles. The van der Waals surface area contributed by atoms with Crippen molar-refractivity contribution < 1.29 is 34.8 Å². The summed E-state index contributed by atoms with van der Waals surface area (Å²) in [6.45, 7) is 7.48. The van der Waals surface area contributed by atoms with Crippen LogP contribution in [0.15, 0.2) is 42.5 Å². The molecule has 1 amide bonds. The van der Waals surface area contributed by atoms with Crippen molar-refractivity contribution >= 4 is 11.6 Å². The molecule has 7 heteroatoms. The number of hydrogen-bond acceptors (Lipinski definition) is 5. The number of carbonyl (C=O) groups excluding carboxylic acids is 1. The van der Waals surface area contributed by atoms with Crippen LogP contribution in [0.4, 0.5) is 5.69 Å². The Hall–Kier alpha value is -1.77. The Labute approximate surface area is 191 Å². The van der Waals surface area contributed by atoms with E-state index in [0.717, 1.165) is 43.0 Å². The molecule has 1 heterocycles. The number of nitrogens with one attached hydrogen (secondary N) is 1. The van der Waals surface area contributed by atoms with Crippen molar-refractivity contribution in [2.45, 2.75) is 26.0 Å². The first kappa shape index (κ1) is 24.5. The van der Waals surface area contributed by atoms with E-state index in [4.69, 9.17) is 5.11 Å². The first-order valence-corrected chi connectivity index (χ1v) is 10.1. The summed E-state index contributed by atoms with van der Waals surface area (Å²) in [4.78, 5) is 17.6. The van der Waals surface area contributed by atoms with E-state index in [2.05, 4.69) is 28.2 Å². The first-order valence-electron chi connectivity index (χ1n) is 10.1. The van der Waals surface area contributed by atoms with Gasteiger partial charge in [0, 0.05) is 57.2 Å². The van der Waals surface area contributed by atoms with E-state index < -0.39 is 6.10 Å². The van der Waals surface area contributed by atoms with Gasteiger partial charge in [-0.05, 0) is 49.7 Å². The van der Waals surface area contributed by atoms with Crippen molar-refractivity contribution in [2.75, 3.05) is 44.7 Å². The summed E-state index contributed by atoms with van der Waals surface area (Å²) in [7, 11) is 2.13. The number of piperazine rings is 1. The zero-order chi connectivity index (χ0) is 21.0. The minimum Gasteiger partial charge on any atom is -0.393 e. The Morgan fingerprint density at radius 1 is 1.10 bits per heavy atom. The van der Waals surface area contributed by atoms with Crippen molar-refractivity contribution in [3.8, 4) is 0 Å². The number of benzene rings is 2. The Kier molecular flexibility index (Phi) is 9.00. The van der Waals surface area contributed by atoms with Crippen LogP contribution >= 0.6 is 0 Å². The third-order valence-corrected chi connectivity index (χ3v) is 5.65. The average Bonchev–Trinajstić information content (AvgIpc) is 2.74. The topological polar surface area (TPSA) is 76.0 Å². The smallest absolute Gasteiger partial charge is 0.252 e. The van der Waals surface area contributed by atoms with Crippen LogP contribution in [0.1, 0.15) is 46.1 Å². The number of nitrogens with zero attached hydrogens (tertiary/aromatic N) is 2. The molecule has 1 fully saturated rings. The molecule has 0 aromatic heterocycles. The van der Waals surface area contributed by atoms with Crippen molar-refractivity contribution in [3.05, 3.63) is 64.7 Å². The number of aliphatic hydroxyl groups is 2. The molecule has 2 aromatic rings. The molecule has 6 nitrogen and oxygen atoms in total. The molecular formula is C23H31N3O3Os. The van der Waals surface area contributed by atoms with Gasteiger partial charge in [0.25, 0.3) is 5.91 Å². The predicted octanol–water partition coefficient (Wildman–Crippen LogP) is 2.26. The molecule has 1 unspecified atom stereocenters. The van der Waals surface area contributed by atoms with E-state index in [0.29, 0.717) is 11.1 Å². The number of aliphatic hydroxyl groups excluding tert-OH is 2. The van der Waals surface area contributed by atoms with Crippen LogP contribution in [0.2, 0.25) is 0 Å². The van der Waals surface area contributed by atoms with Crippen LogP contribution in [0, 0.1) is 6.92 Å². The van der Waals surface area contributed by atoms with Crippen LogP contribution < -0.4 is 10.2 Å². The Balaban J connectivity index is 0.00000320. The fourth-order valence-electron chi connectivity index (χ4n) is 3.61. The molecule has 0 saturated carbocycles. The van der Waals surface area contributed by atoms with Gasteiger partial charge in [0.05, 0.1) is 12.6 Å². The second-order valence-electron chi connectivity index (χ2n) is 7.85. The number of aryl methyl sites for hydroxylation is 1. The number of hydrogen-bond donors (Lipinski definition) is 3. The van der Waals surface area contributed by atoms with Crippen LogP contribution in [0.5, 0.6) is 0 Å². The third kappa shape index (κ3) is 5.89. The number of likely N-dealkylation sites (N-methyl/N-ethyl adjacent to an activating group) is 1. The minimum absolute atomic E-state index is 0. The first-order chi connectivity index (χ1) is 13.9. The summed E-state index contributed by atoms with van der Waals surface area (Å²) in [5, 5.41) is 22.1. The zero-order valence-corrected chi connectivity index (χ0v) is 20.3. The summed E-state index contributed by atoms with van der Waals surface area (Å²) in [5.41, 5.74) is 4.22. The molecular weight excluding hydrogens is 557 g/mol. The van der Waals surface area contributed by atoms with Crippen LogP contribution in [-0.4, -0.2) is 60.9 Å². The van der Waals surface area contributed by atoms with Crippen LogP contribution in [-0.2, 0) is 19.8 Å². The SMILES string of the molecule is Cc1ccc(N2CCN(C)CC2)cc1C(=O)N[C@H](C)c1cccc(C(O)CO)c1.[Os]. The van der Waals surface area contributed by atoms with E-state index in [-0.39, 0.29) is 38.3 Å². The van der Waals surface area contributed by atoms with Gasteiger partial charge in [-0.1, -0.05) is 30.3 Å². The molecule has 3 rings (SSSR count). The van der Waals surface area contributed by atoms with Gasteiger partial charge in [-0.15, -0.1) is 0 Å². The monoisotopic (exact) mass is 589 g/mol. The molecule has 164 valence electrons. The summed E-state index contributed by atoms with van der Waals surface area (Å²) >= 11 is 0. The van der Waals surface area contributed by atoms with Gasteiger partial charge in [0.2, 0.25) is 0 Å². The maximum atomic E-state index is 13.0. The van der Waals surface area contributed by atoms with Crippen molar-refractivity contribution in [1.29, 1.82) is 0 Å². The van der Waals surface area contributed by atoms with Gasteiger partial charge in [-0.2, -0.15) is 0 Å². The van der Waals surface area contributed by atoms with E-state index >= 15 is 0 Å². The minimum atomic E-state index is -0.916. The summed E-state index contributed by atoms with van der Waals surface area (Å²) < 4.78 is 0. The normalized spacial score (nSPS) is 16.5. The Bertz CT molecular complexity index is 853. The van der Waals surface area contributed by atoms with Crippen molar-refractivity contribution in [3.63, 3.8) is 0 Å². The number of rotatable bonds is 6. The number of carbonyl (C=O) groups is 1. The van der Waals surface area contributed by atoms with E-state index in [1.165, 1.54) is 0 Å². The quantitative estimate of drug-likeness (QED) is 0.484. The van der Waals surface area contributed by atoms with Gasteiger partial charge in [0.1, 0.15) is 6.10 Å². The summed E-state index contributed by atoms with van der Waals surface area (Å²) in [6, 6.07) is 13.2. The summed E-state index contributed by atoms with van der Waals surface area (Å²) in [5.74, 6) is -0.112. The molecule has 2 atom stereocenters. The molecule has 2 aromatic carbocycles. The van der Waals surface area contributed by atoms with E-state index in [9.17, 15) is 9.90 Å². The molecule has 1 aliphatic rings. The predicted molar refractivity (Wildman–Crippen MR) is 115 cm³/mol. The molecule has 0 bridgehead atoms. The summed E-state index contributed by atoms with van der Waals surface area (Å²) in [6.07, 6.45) is -0.916. The van der Waals surface area contributed by atoms with E-state index in [1.54, 1.807) is 6.07 Å². The molecule has 0 spiro atoms. The van der Waals surface area contributed by atoms with Crippen LogP contribution in [0.25, 0.3) is 0 Å². The molecule has 30 heavy (non-hydrogen) atoms. The molecule has 1 aliphatic heterocycles.